The Labute approximate surface area is 168 Å². The van der Waals surface area contributed by atoms with Gasteiger partial charge in [0.2, 0.25) is 0 Å². The molecule has 4 rings (SSSR count). The highest BCUT2D eigenvalue weighted by Gasteiger charge is 2.51. The molecule has 2 aliphatic heterocycles. The molecule has 0 N–H and O–H groups in total. The fraction of sp³-hybridized carbons (Fsp3) is 0.421. The number of rotatable bonds is 4. The molecule has 1 amide bonds. The van der Waals surface area contributed by atoms with Crippen molar-refractivity contribution < 1.29 is 22.7 Å². The van der Waals surface area contributed by atoms with E-state index in [1.807, 2.05) is 0 Å². The van der Waals surface area contributed by atoms with E-state index in [0.717, 1.165) is 0 Å². The maximum atomic E-state index is 13.0. The van der Waals surface area contributed by atoms with Gasteiger partial charge < -0.3 is 14.4 Å². The summed E-state index contributed by atoms with van der Waals surface area (Å²) in [5.74, 6) is 0.547. The Morgan fingerprint density at radius 3 is 2.64 bits per heavy atom. The molecule has 0 unspecified atom stereocenters. The number of amides is 1. The van der Waals surface area contributed by atoms with E-state index in [1.54, 1.807) is 53.8 Å². The second kappa shape index (κ2) is 7.47. The lowest BCUT2D eigenvalue weighted by Gasteiger charge is -2.42. The van der Waals surface area contributed by atoms with Crippen LogP contribution in [0.4, 0.5) is 0 Å². The van der Waals surface area contributed by atoms with Crippen LogP contribution in [0.15, 0.2) is 46.0 Å². The summed E-state index contributed by atoms with van der Waals surface area (Å²) < 4.78 is 39.0. The molecule has 0 atom stereocenters. The number of carbonyl (C=O) groups is 1. The van der Waals surface area contributed by atoms with Crippen LogP contribution in [0, 0.1) is 0 Å². The summed E-state index contributed by atoms with van der Waals surface area (Å²) in [6.45, 7) is 1.58. The van der Waals surface area contributed by atoms with Gasteiger partial charge in [0.1, 0.15) is 15.7 Å². The molecular weight excluding hydrogens is 400 g/mol. The number of carbonyl (C=O) groups excluding carboxylic acids is 1. The summed E-state index contributed by atoms with van der Waals surface area (Å²) in [6.07, 6.45) is 0.903. The molecule has 1 spiro atoms. The molecule has 9 heteroatoms. The van der Waals surface area contributed by atoms with Crippen LogP contribution in [0.3, 0.4) is 0 Å². The standard InChI is InChI=1S/C19H22N2O5S2/c1-25-16-5-2-4-15(14-16)18(22)20-9-7-19(8-10-20)21(11-12-26-19)28(23,24)17-6-3-13-27-17/h2-6,13-14H,7-12H2,1H3. The van der Waals surface area contributed by atoms with Crippen molar-refractivity contribution in [1.29, 1.82) is 0 Å². The predicted octanol–water partition coefficient (Wildman–Crippen LogP) is 2.41. The zero-order valence-corrected chi connectivity index (χ0v) is 17.2. The van der Waals surface area contributed by atoms with Gasteiger partial charge in [0.25, 0.3) is 15.9 Å². The lowest BCUT2D eigenvalue weighted by atomic mass is 10.00. The number of methoxy groups -OCH3 is 1. The van der Waals surface area contributed by atoms with Gasteiger partial charge in [-0.05, 0) is 29.6 Å². The molecule has 0 aliphatic carbocycles. The summed E-state index contributed by atoms with van der Waals surface area (Å²) in [5.41, 5.74) is -0.306. The molecule has 2 saturated heterocycles. The second-order valence-electron chi connectivity index (χ2n) is 6.83. The van der Waals surface area contributed by atoms with Crippen LogP contribution < -0.4 is 4.74 Å². The molecule has 3 heterocycles. The molecule has 0 radical (unpaired) electrons. The smallest absolute Gasteiger partial charge is 0.255 e. The van der Waals surface area contributed by atoms with E-state index in [0.29, 0.717) is 54.6 Å². The van der Waals surface area contributed by atoms with E-state index in [4.69, 9.17) is 9.47 Å². The van der Waals surface area contributed by atoms with Crippen LogP contribution >= 0.6 is 11.3 Å². The monoisotopic (exact) mass is 422 g/mol. The first kappa shape index (κ1) is 19.4. The number of hydrogen-bond acceptors (Lipinski definition) is 6. The fourth-order valence-corrected chi connectivity index (χ4v) is 6.67. The summed E-state index contributed by atoms with van der Waals surface area (Å²) in [5, 5.41) is 1.76. The number of thiophene rings is 1. The SMILES string of the molecule is COc1cccc(C(=O)N2CCC3(CC2)OCCN3S(=O)(=O)c2cccs2)c1. The topological polar surface area (TPSA) is 76.2 Å². The Morgan fingerprint density at radius 1 is 1.18 bits per heavy atom. The normalized spacial score (nSPS) is 19.8. The Hall–Kier alpha value is -1.94. The van der Waals surface area contributed by atoms with Crippen LogP contribution in [0.25, 0.3) is 0 Å². The third-order valence-corrected chi connectivity index (χ3v) is 8.63. The largest absolute Gasteiger partial charge is 0.497 e. The molecule has 2 fully saturated rings. The van der Waals surface area contributed by atoms with Crippen molar-refractivity contribution in [3.05, 3.63) is 47.3 Å². The first-order chi connectivity index (χ1) is 13.5. The van der Waals surface area contributed by atoms with Crippen molar-refractivity contribution in [1.82, 2.24) is 9.21 Å². The van der Waals surface area contributed by atoms with Crippen molar-refractivity contribution in [2.24, 2.45) is 0 Å². The number of ether oxygens (including phenoxy) is 2. The van der Waals surface area contributed by atoms with E-state index >= 15 is 0 Å². The zero-order chi connectivity index (χ0) is 19.8. The van der Waals surface area contributed by atoms with Crippen molar-refractivity contribution in [3.8, 4) is 5.75 Å². The van der Waals surface area contributed by atoms with E-state index < -0.39 is 15.7 Å². The second-order valence-corrected chi connectivity index (χ2v) is 9.86. The summed E-state index contributed by atoms with van der Waals surface area (Å²) in [6, 6.07) is 10.4. The Bertz CT molecular complexity index is 950. The number of sulfonamides is 1. The van der Waals surface area contributed by atoms with Gasteiger partial charge in [0.05, 0.1) is 13.7 Å². The fourth-order valence-electron chi connectivity index (χ4n) is 3.84. The molecule has 2 aromatic rings. The summed E-state index contributed by atoms with van der Waals surface area (Å²) in [7, 11) is -2.03. The van der Waals surface area contributed by atoms with Crippen LogP contribution in [-0.4, -0.2) is 62.6 Å². The van der Waals surface area contributed by atoms with Crippen molar-refractivity contribution in [3.63, 3.8) is 0 Å². The molecule has 28 heavy (non-hydrogen) atoms. The number of hydrogen-bond donors (Lipinski definition) is 0. The number of likely N-dealkylation sites (tertiary alicyclic amines) is 1. The quantitative estimate of drug-likeness (QED) is 0.756. The number of nitrogens with zero attached hydrogens (tertiary/aromatic N) is 2. The van der Waals surface area contributed by atoms with E-state index in [1.165, 1.54) is 15.6 Å². The number of benzene rings is 1. The minimum Gasteiger partial charge on any atom is -0.497 e. The Morgan fingerprint density at radius 2 is 1.96 bits per heavy atom. The molecule has 0 bridgehead atoms. The molecule has 1 aromatic carbocycles. The van der Waals surface area contributed by atoms with Gasteiger partial charge in [-0.15, -0.1) is 11.3 Å². The minimum atomic E-state index is -3.60. The summed E-state index contributed by atoms with van der Waals surface area (Å²) in [4.78, 5) is 14.6. The third kappa shape index (κ3) is 3.32. The van der Waals surface area contributed by atoms with E-state index in [9.17, 15) is 13.2 Å². The highest BCUT2D eigenvalue weighted by molar-refractivity contribution is 7.91. The first-order valence-corrected chi connectivity index (χ1v) is 11.4. The van der Waals surface area contributed by atoms with E-state index in [2.05, 4.69) is 0 Å². The summed E-state index contributed by atoms with van der Waals surface area (Å²) >= 11 is 1.21. The minimum absolute atomic E-state index is 0.0839. The molecule has 7 nitrogen and oxygen atoms in total. The van der Waals surface area contributed by atoms with Gasteiger partial charge >= 0.3 is 0 Å². The van der Waals surface area contributed by atoms with Crippen LogP contribution in [-0.2, 0) is 14.8 Å². The Kier molecular flexibility index (Phi) is 5.17. The molecular formula is C19H22N2O5S2. The molecule has 0 saturated carbocycles. The van der Waals surface area contributed by atoms with Crippen LogP contribution in [0.1, 0.15) is 23.2 Å². The molecule has 150 valence electrons. The van der Waals surface area contributed by atoms with Crippen molar-refractivity contribution >= 4 is 27.3 Å². The van der Waals surface area contributed by atoms with Gasteiger partial charge in [0.15, 0.2) is 0 Å². The number of piperidine rings is 1. The highest BCUT2D eigenvalue weighted by Crippen LogP contribution is 2.39. The molecule has 1 aromatic heterocycles. The Balaban J connectivity index is 1.50. The van der Waals surface area contributed by atoms with Crippen LogP contribution in [0.2, 0.25) is 0 Å². The highest BCUT2D eigenvalue weighted by atomic mass is 32.2. The van der Waals surface area contributed by atoms with Gasteiger partial charge in [-0.1, -0.05) is 12.1 Å². The van der Waals surface area contributed by atoms with Gasteiger partial charge in [-0.2, -0.15) is 4.31 Å². The molecule has 2 aliphatic rings. The predicted molar refractivity (Wildman–Crippen MR) is 105 cm³/mol. The maximum Gasteiger partial charge on any atom is 0.255 e. The lowest BCUT2D eigenvalue weighted by molar-refractivity contribution is -0.0856. The lowest BCUT2D eigenvalue weighted by Crippen LogP contribution is -2.55. The van der Waals surface area contributed by atoms with Crippen molar-refractivity contribution in [2.45, 2.75) is 22.8 Å². The maximum absolute atomic E-state index is 13.0. The van der Waals surface area contributed by atoms with E-state index in [-0.39, 0.29) is 5.91 Å². The first-order valence-electron chi connectivity index (χ1n) is 9.10. The van der Waals surface area contributed by atoms with Crippen molar-refractivity contribution in [2.75, 3.05) is 33.4 Å². The van der Waals surface area contributed by atoms with Gasteiger partial charge in [-0.25, -0.2) is 8.42 Å². The van der Waals surface area contributed by atoms with Crippen LogP contribution in [0.5, 0.6) is 5.75 Å². The van der Waals surface area contributed by atoms with Gasteiger partial charge in [-0.3, -0.25) is 4.79 Å². The van der Waals surface area contributed by atoms with Gasteiger partial charge in [0, 0.05) is 38.0 Å². The average molecular weight is 423 g/mol. The third-order valence-electron chi connectivity index (χ3n) is 5.31. The average Bonchev–Trinajstić information content (AvgIpc) is 3.39. The zero-order valence-electron chi connectivity index (χ0n) is 15.5.